The molecule has 3 heterocycles. The summed E-state index contributed by atoms with van der Waals surface area (Å²) in [7, 11) is 0. The van der Waals surface area contributed by atoms with Crippen LogP contribution in [0, 0.1) is 11.3 Å². The zero-order chi connectivity index (χ0) is 15.0. The van der Waals surface area contributed by atoms with Gasteiger partial charge in [0.2, 0.25) is 5.91 Å². The molecule has 0 aromatic rings. The van der Waals surface area contributed by atoms with Crippen molar-refractivity contribution in [1.82, 2.24) is 15.1 Å². The molecule has 0 unspecified atom stereocenters. The van der Waals surface area contributed by atoms with E-state index in [1.54, 1.807) is 0 Å². The number of β-lactam (4-membered cyclic amide) rings is 1. The Morgan fingerprint density at radius 2 is 1.71 bits per heavy atom. The van der Waals surface area contributed by atoms with E-state index < -0.39 is 0 Å². The molecule has 3 amide bonds. The van der Waals surface area contributed by atoms with Gasteiger partial charge in [0, 0.05) is 43.7 Å². The van der Waals surface area contributed by atoms with Gasteiger partial charge >= 0.3 is 6.03 Å². The third-order valence-electron chi connectivity index (χ3n) is 5.21. The molecule has 118 valence electrons. The van der Waals surface area contributed by atoms with E-state index >= 15 is 0 Å². The van der Waals surface area contributed by atoms with Gasteiger partial charge in [-0.25, -0.2) is 4.79 Å². The van der Waals surface area contributed by atoms with Crippen molar-refractivity contribution in [2.75, 3.05) is 37.7 Å². The molecule has 3 aliphatic rings. The number of urea groups is 1. The van der Waals surface area contributed by atoms with Gasteiger partial charge in [-0.1, -0.05) is 0 Å². The Hall–Kier alpha value is -0.910. The summed E-state index contributed by atoms with van der Waals surface area (Å²) in [6.45, 7) is 7.48. The van der Waals surface area contributed by atoms with Gasteiger partial charge in [0.05, 0.1) is 5.41 Å². The highest BCUT2D eigenvalue weighted by molar-refractivity contribution is 7.99. The number of nitrogens with zero attached hydrogens (tertiary/aromatic N) is 2. The zero-order valence-corrected chi connectivity index (χ0v) is 13.7. The van der Waals surface area contributed by atoms with Crippen molar-refractivity contribution in [1.29, 1.82) is 0 Å². The van der Waals surface area contributed by atoms with Crippen LogP contribution in [0.15, 0.2) is 0 Å². The fourth-order valence-electron chi connectivity index (χ4n) is 3.66. The van der Waals surface area contributed by atoms with Crippen molar-refractivity contribution in [3.8, 4) is 0 Å². The van der Waals surface area contributed by atoms with E-state index in [-0.39, 0.29) is 23.4 Å². The molecule has 1 atom stereocenters. The number of nitrogens with one attached hydrogen (secondary N) is 1. The fraction of sp³-hybridized carbons (Fsp3) is 0.867. The van der Waals surface area contributed by atoms with Gasteiger partial charge in [-0.05, 0) is 32.6 Å². The number of carbonyl (C=O) groups is 2. The number of rotatable bonds is 1. The maximum atomic E-state index is 12.5. The van der Waals surface area contributed by atoms with Gasteiger partial charge < -0.3 is 15.1 Å². The normalized spacial score (nSPS) is 29.8. The highest BCUT2D eigenvalue weighted by atomic mass is 32.2. The summed E-state index contributed by atoms with van der Waals surface area (Å²) in [6.07, 6.45) is 2.01. The molecule has 3 aliphatic heterocycles. The highest BCUT2D eigenvalue weighted by Crippen LogP contribution is 2.38. The molecule has 6 heteroatoms. The van der Waals surface area contributed by atoms with Crippen molar-refractivity contribution in [3.05, 3.63) is 0 Å². The number of hydrogen-bond acceptors (Lipinski definition) is 3. The van der Waals surface area contributed by atoms with Crippen LogP contribution in [-0.4, -0.2) is 65.5 Å². The summed E-state index contributed by atoms with van der Waals surface area (Å²) in [5.74, 6) is 2.80. The van der Waals surface area contributed by atoms with Crippen LogP contribution in [0.4, 0.5) is 4.79 Å². The Morgan fingerprint density at radius 3 is 2.24 bits per heavy atom. The minimum Gasteiger partial charge on any atom is -0.351 e. The van der Waals surface area contributed by atoms with Gasteiger partial charge in [-0.3, -0.25) is 4.79 Å². The molecule has 3 rings (SSSR count). The Labute approximate surface area is 130 Å². The number of likely N-dealkylation sites (tertiary alicyclic amines) is 1. The van der Waals surface area contributed by atoms with Crippen LogP contribution in [0.25, 0.3) is 0 Å². The first kappa shape index (κ1) is 15.0. The molecule has 0 aromatic heterocycles. The molecule has 0 spiro atoms. The Morgan fingerprint density at radius 1 is 1.14 bits per heavy atom. The number of amides is 3. The van der Waals surface area contributed by atoms with Crippen LogP contribution in [0.1, 0.15) is 26.7 Å². The lowest BCUT2D eigenvalue weighted by Crippen LogP contribution is -2.68. The van der Waals surface area contributed by atoms with Gasteiger partial charge in [-0.15, -0.1) is 0 Å². The first-order chi connectivity index (χ1) is 10.00. The van der Waals surface area contributed by atoms with Crippen molar-refractivity contribution in [3.63, 3.8) is 0 Å². The Bertz CT molecular complexity index is 427. The minimum atomic E-state index is -0.235. The maximum absolute atomic E-state index is 12.5. The number of hydrogen-bond donors (Lipinski definition) is 1. The summed E-state index contributed by atoms with van der Waals surface area (Å²) < 4.78 is 0. The van der Waals surface area contributed by atoms with E-state index in [1.165, 1.54) is 0 Å². The first-order valence-corrected chi connectivity index (χ1v) is 9.08. The summed E-state index contributed by atoms with van der Waals surface area (Å²) in [5.41, 5.74) is -0.235. The van der Waals surface area contributed by atoms with Crippen LogP contribution in [0.5, 0.6) is 0 Å². The van der Waals surface area contributed by atoms with Crippen molar-refractivity contribution >= 4 is 23.7 Å². The molecule has 21 heavy (non-hydrogen) atoms. The third kappa shape index (κ3) is 2.74. The molecule has 1 N–H and O–H groups in total. The fourth-order valence-corrected chi connectivity index (χ4v) is 4.56. The van der Waals surface area contributed by atoms with E-state index in [4.69, 9.17) is 0 Å². The van der Waals surface area contributed by atoms with E-state index in [0.717, 1.165) is 50.5 Å². The lowest BCUT2D eigenvalue weighted by atomic mass is 9.68. The molecule has 0 radical (unpaired) electrons. The van der Waals surface area contributed by atoms with Gasteiger partial charge in [-0.2, -0.15) is 11.8 Å². The quantitative estimate of drug-likeness (QED) is 0.745. The maximum Gasteiger partial charge on any atom is 0.320 e. The standard InChI is InChI=1S/C15H25N3O2S/c1-15(2)12(16-13(15)19)11-3-5-17(6-4-11)14(20)18-7-9-21-10-8-18/h11-12H,3-10H2,1-2H3,(H,16,19)/t12-/m0/s1. The number of piperidine rings is 1. The van der Waals surface area contributed by atoms with Crippen LogP contribution < -0.4 is 5.32 Å². The van der Waals surface area contributed by atoms with E-state index in [1.807, 2.05) is 35.4 Å². The van der Waals surface area contributed by atoms with Crippen LogP contribution in [0.2, 0.25) is 0 Å². The summed E-state index contributed by atoms with van der Waals surface area (Å²) >= 11 is 1.92. The topological polar surface area (TPSA) is 52.7 Å². The van der Waals surface area contributed by atoms with Crippen LogP contribution in [-0.2, 0) is 4.79 Å². The lowest BCUT2D eigenvalue weighted by Gasteiger charge is -2.50. The second-order valence-electron chi connectivity index (χ2n) is 6.88. The molecule has 0 saturated carbocycles. The highest BCUT2D eigenvalue weighted by Gasteiger charge is 2.51. The molecule has 0 aliphatic carbocycles. The molecular formula is C15H25N3O2S. The molecule has 3 saturated heterocycles. The van der Waals surface area contributed by atoms with Crippen molar-refractivity contribution < 1.29 is 9.59 Å². The summed E-state index contributed by atoms with van der Waals surface area (Å²) in [6, 6.07) is 0.499. The summed E-state index contributed by atoms with van der Waals surface area (Å²) in [4.78, 5) is 28.1. The number of thioether (sulfide) groups is 1. The summed E-state index contributed by atoms with van der Waals surface area (Å²) in [5, 5.41) is 3.05. The Kier molecular flexibility index (Phi) is 4.08. The zero-order valence-electron chi connectivity index (χ0n) is 12.9. The van der Waals surface area contributed by atoms with E-state index in [2.05, 4.69) is 5.32 Å². The third-order valence-corrected chi connectivity index (χ3v) is 6.15. The van der Waals surface area contributed by atoms with Crippen LogP contribution >= 0.6 is 11.8 Å². The molecular weight excluding hydrogens is 286 g/mol. The van der Waals surface area contributed by atoms with Gasteiger partial charge in [0.25, 0.3) is 0 Å². The predicted octanol–water partition coefficient (Wildman–Crippen LogP) is 1.39. The minimum absolute atomic E-state index is 0.164. The molecule has 0 aromatic carbocycles. The van der Waals surface area contributed by atoms with Crippen molar-refractivity contribution in [2.45, 2.75) is 32.7 Å². The Balaban J connectivity index is 1.51. The van der Waals surface area contributed by atoms with Gasteiger partial charge in [0.15, 0.2) is 0 Å². The van der Waals surface area contributed by atoms with Gasteiger partial charge in [0.1, 0.15) is 0 Å². The average molecular weight is 311 g/mol. The molecule has 5 nitrogen and oxygen atoms in total. The SMILES string of the molecule is CC1(C)C(=O)N[C@H]1C1CCN(C(=O)N2CCSCC2)CC1. The molecule has 3 fully saturated rings. The molecule has 0 bridgehead atoms. The largest absolute Gasteiger partial charge is 0.351 e. The average Bonchev–Trinajstić information content (AvgIpc) is 2.53. The van der Waals surface area contributed by atoms with E-state index in [0.29, 0.717) is 5.92 Å². The predicted molar refractivity (Wildman–Crippen MR) is 84.3 cm³/mol. The first-order valence-electron chi connectivity index (χ1n) is 7.92. The smallest absolute Gasteiger partial charge is 0.320 e. The van der Waals surface area contributed by atoms with E-state index in [9.17, 15) is 9.59 Å². The van der Waals surface area contributed by atoms with Crippen molar-refractivity contribution in [2.24, 2.45) is 11.3 Å². The number of carbonyl (C=O) groups excluding carboxylic acids is 2. The van der Waals surface area contributed by atoms with Crippen LogP contribution in [0.3, 0.4) is 0 Å². The second-order valence-corrected chi connectivity index (χ2v) is 8.10. The monoisotopic (exact) mass is 311 g/mol. The second kappa shape index (κ2) is 5.71. The lowest BCUT2D eigenvalue weighted by molar-refractivity contribution is -0.146.